The molecule has 2 aromatic rings. The predicted octanol–water partition coefficient (Wildman–Crippen LogP) is 3.59. The van der Waals surface area contributed by atoms with Gasteiger partial charge in [0.05, 0.1) is 12.5 Å². The molecule has 3 nitrogen and oxygen atoms in total. The summed E-state index contributed by atoms with van der Waals surface area (Å²) >= 11 is 0. The first-order chi connectivity index (χ1) is 8.75. The molecule has 1 heterocycles. The molecular weight excluding hydrogens is 242 g/mol. The van der Waals surface area contributed by atoms with Gasteiger partial charge in [0.2, 0.25) is 9.04 Å². The van der Waals surface area contributed by atoms with Crippen LogP contribution in [0.5, 0.6) is 5.75 Å². The Hall–Kier alpha value is -1.81. The van der Waals surface area contributed by atoms with Crippen LogP contribution in [0.25, 0.3) is 0 Å². The first kappa shape index (κ1) is 12.6. The number of hydrogen-bond acceptors (Lipinski definition) is 3. The number of nitrogens with zero attached hydrogens (tertiary/aromatic N) is 1. The van der Waals surface area contributed by atoms with Crippen molar-refractivity contribution in [2.45, 2.75) is 19.5 Å². The van der Waals surface area contributed by atoms with Gasteiger partial charge < -0.3 is 8.84 Å². The third-order valence-electron chi connectivity index (χ3n) is 2.37. The zero-order valence-electron chi connectivity index (χ0n) is 10.7. The lowest BCUT2D eigenvalue weighted by molar-refractivity contribution is 0.565. The van der Waals surface area contributed by atoms with E-state index in [0.717, 1.165) is 23.4 Å². The smallest absolute Gasteiger partial charge is 0.229 e. The minimum Gasteiger partial charge on any atom is -0.546 e. The summed E-state index contributed by atoms with van der Waals surface area (Å²) in [4.78, 5) is 4.46. The highest BCUT2D eigenvalue weighted by molar-refractivity contribution is 6.49. The Labute approximate surface area is 109 Å². The highest BCUT2D eigenvalue weighted by Crippen LogP contribution is 2.27. The average Bonchev–Trinajstić information content (AvgIpc) is 2.84. The molecule has 0 N–H and O–H groups in total. The van der Waals surface area contributed by atoms with Crippen LogP contribution < -0.4 is 4.43 Å². The minimum atomic E-state index is -1.10. The van der Waals surface area contributed by atoms with Gasteiger partial charge in [-0.05, 0) is 36.9 Å². The molecule has 0 unspecified atom stereocenters. The molecule has 4 heteroatoms. The van der Waals surface area contributed by atoms with Crippen molar-refractivity contribution in [3.05, 3.63) is 48.4 Å². The molecule has 1 aromatic carbocycles. The molecule has 0 aliphatic carbocycles. The quantitative estimate of drug-likeness (QED) is 0.607. The maximum atomic E-state index is 5.84. The van der Waals surface area contributed by atoms with Crippen LogP contribution in [0.3, 0.4) is 0 Å². The maximum Gasteiger partial charge on any atom is 0.229 e. The van der Waals surface area contributed by atoms with Gasteiger partial charge in [0.15, 0.2) is 0 Å². The highest BCUT2D eigenvalue weighted by Gasteiger charge is 2.03. The fraction of sp³-hybridized carbons (Fsp3) is 0.214. The Kier molecular flexibility index (Phi) is 4.36. The van der Waals surface area contributed by atoms with Gasteiger partial charge in [0, 0.05) is 12.6 Å². The van der Waals surface area contributed by atoms with Crippen LogP contribution >= 0.6 is 0 Å². The van der Waals surface area contributed by atoms with Crippen molar-refractivity contribution in [2.24, 2.45) is 4.99 Å². The average molecular weight is 259 g/mol. The topological polar surface area (TPSA) is 34.7 Å². The third kappa shape index (κ3) is 3.60. The lowest BCUT2D eigenvalue weighted by Gasteiger charge is -2.11. The molecule has 94 valence electrons. The van der Waals surface area contributed by atoms with E-state index in [9.17, 15) is 0 Å². The van der Waals surface area contributed by atoms with Crippen LogP contribution in [0.2, 0.25) is 13.1 Å². The van der Waals surface area contributed by atoms with E-state index >= 15 is 0 Å². The molecule has 0 radical (unpaired) electrons. The van der Waals surface area contributed by atoms with Gasteiger partial charge in [0.25, 0.3) is 0 Å². The van der Waals surface area contributed by atoms with Gasteiger partial charge >= 0.3 is 0 Å². The largest absolute Gasteiger partial charge is 0.546 e. The minimum absolute atomic E-state index is 0.768. The summed E-state index contributed by atoms with van der Waals surface area (Å²) in [7, 11) is -1.10. The number of rotatable bonds is 5. The SMILES string of the molecule is C[SiH](C)Oc1ccccc1N=CCc1ccoc1. The van der Waals surface area contributed by atoms with E-state index in [1.54, 1.807) is 12.5 Å². The second-order valence-electron chi connectivity index (χ2n) is 4.28. The molecule has 0 aliphatic heterocycles. The summed E-state index contributed by atoms with van der Waals surface area (Å²) in [6, 6.07) is 9.82. The first-order valence-electron chi connectivity index (χ1n) is 6.05. The van der Waals surface area contributed by atoms with Gasteiger partial charge in [-0.15, -0.1) is 0 Å². The van der Waals surface area contributed by atoms with Crippen LogP contribution in [-0.4, -0.2) is 15.3 Å². The number of furan rings is 1. The standard InChI is InChI=1S/C14H17NO2Si/c1-18(2)17-14-6-4-3-5-13(14)15-9-7-12-8-10-16-11-12/h3-6,8-11,18H,7H2,1-2H3. The summed E-state index contributed by atoms with van der Waals surface area (Å²) in [5.74, 6) is 0.877. The van der Waals surface area contributed by atoms with Crippen molar-refractivity contribution >= 4 is 20.9 Å². The van der Waals surface area contributed by atoms with Gasteiger partial charge in [-0.3, -0.25) is 4.99 Å². The Morgan fingerprint density at radius 2 is 2.11 bits per heavy atom. The van der Waals surface area contributed by atoms with Crippen molar-refractivity contribution in [3.8, 4) is 5.75 Å². The number of benzene rings is 1. The fourth-order valence-corrected chi connectivity index (χ4v) is 2.28. The molecule has 2 rings (SSSR count). The molecular formula is C14H17NO2Si. The van der Waals surface area contributed by atoms with Crippen molar-refractivity contribution in [1.82, 2.24) is 0 Å². The van der Waals surface area contributed by atoms with Crippen LogP contribution in [0.4, 0.5) is 5.69 Å². The third-order valence-corrected chi connectivity index (χ3v) is 3.09. The van der Waals surface area contributed by atoms with Crippen LogP contribution in [-0.2, 0) is 6.42 Å². The number of hydrogen-bond donors (Lipinski definition) is 0. The lowest BCUT2D eigenvalue weighted by Crippen LogP contribution is -2.11. The van der Waals surface area contributed by atoms with Crippen molar-refractivity contribution in [1.29, 1.82) is 0 Å². The number of aliphatic imine (C=N–C) groups is 1. The first-order valence-corrected chi connectivity index (χ1v) is 8.83. The van der Waals surface area contributed by atoms with Crippen molar-refractivity contribution < 1.29 is 8.84 Å². The molecule has 0 saturated carbocycles. The molecule has 0 amide bonds. The monoisotopic (exact) mass is 259 g/mol. The molecule has 18 heavy (non-hydrogen) atoms. The Morgan fingerprint density at radius 3 is 2.83 bits per heavy atom. The van der Waals surface area contributed by atoms with Crippen LogP contribution in [0.15, 0.2) is 52.3 Å². The van der Waals surface area contributed by atoms with E-state index in [0.29, 0.717) is 0 Å². The summed E-state index contributed by atoms with van der Waals surface area (Å²) < 4.78 is 10.9. The molecule has 0 atom stereocenters. The van der Waals surface area contributed by atoms with Crippen molar-refractivity contribution in [3.63, 3.8) is 0 Å². The van der Waals surface area contributed by atoms with Crippen LogP contribution in [0, 0.1) is 0 Å². The van der Waals surface area contributed by atoms with E-state index in [2.05, 4.69) is 18.1 Å². The van der Waals surface area contributed by atoms with Crippen molar-refractivity contribution in [2.75, 3.05) is 0 Å². The predicted molar refractivity (Wildman–Crippen MR) is 76.5 cm³/mol. The Morgan fingerprint density at radius 1 is 1.28 bits per heavy atom. The van der Waals surface area contributed by atoms with Gasteiger partial charge in [-0.25, -0.2) is 0 Å². The van der Waals surface area contributed by atoms with Gasteiger partial charge in [-0.1, -0.05) is 12.1 Å². The Balaban J connectivity index is 2.06. The number of para-hydroxylation sites is 2. The zero-order chi connectivity index (χ0) is 12.8. The van der Waals surface area contributed by atoms with E-state index < -0.39 is 9.04 Å². The summed E-state index contributed by atoms with van der Waals surface area (Å²) in [5, 5.41) is 0. The highest BCUT2D eigenvalue weighted by atomic mass is 28.3. The molecule has 0 aliphatic rings. The van der Waals surface area contributed by atoms with E-state index in [1.165, 1.54) is 0 Å². The Bertz CT molecular complexity index is 506. The van der Waals surface area contributed by atoms with E-state index in [4.69, 9.17) is 8.84 Å². The van der Waals surface area contributed by atoms with Gasteiger partial charge in [0.1, 0.15) is 11.4 Å². The molecule has 0 bridgehead atoms. The second-order valence-corrected chi connectivity index (χ2v) is 6.61. The second kappa shape index (κ2) is 6.21. The fourth-order valence-electron chi connectivity index (χ4n) is 1.58. The van der Waals surface area contributed by atoms with E-state index in [-0.39, 0.29) is 0 Å². The van der Waals surface area contributed by atoms with E-state index in [1.807, 2.05) is 36.5 Å². The molecule has 1 aromatic heterocycles. The molecule has 0 fully saturated rings. The lowest BCUT2D eigenvalue weighted by atomic mass is 10.2. The molecule has 0 spiro atoms. The maximum absolute atomic E-state index is 5.84. The normalized spacial score (nSPS) is 11.3. The molecule has 0 saturated heterocycles. The zero-order valence-corrected chi connectivity index (χ0v) is 11.8. The summed E-state index contributed by atoms with van der Waals surface area (Å²) in [5.41, 5.74) is 2.01. The van der Waals surface area contributed by atoms with Gasteiger partial charge in [-0.2, -0.15) is 0 Å². The van der Waals surface area contributed by atoms with Crippen LogP contribution in [0.1, 0.15) is 5.56 Å². The summed E-state index contributed by atoms with van der Waals surface area (Å²) in [6.07, 6.45) is 6.05. The summed E-state index contributed by atoms with van der Waals surface area (Å²) in [6.45, 7) is 4.29.